The molecular formula is C53H51F6N9O5S. The Hall–Kier alpha value is -7.39. The average molecular weight is 1040 g/mol. The average Bonchev–Trinajstić information content (AvgIpc) is 4.20. The van der Waals surface area contributed by atoms with Gasteiger partial charge in [0, 0.05) is 95.2 Å². The molecule has 2 aromatic heterocycles. The van der Waals surface area contributed by atoms with E-state index in [9.17, 15) is 31.4 Å². The van der Waals surface area contributed by atoms with Crippen molar-refractivity contribution in [3.05, 3.63) is 155 Å². The molecule has 0 saturated carbocycles. The molecule has 0 radical (unpaired) electrons. The molecule has 74 heavy (non-hydrogen) atoms. The molecule has 10 rings (SSSR count). The minimum atomic E-state index is -2.92. The number of rotatable bonds is 11. The Kier molecular flexibility index (Phi) is 15.9. The fourth-order valence-electron chi connectivity index (χ4n) is 8.99. The van der Waals surface area contributed by atoms with E-state index in [2.05, 4.69) is 32.2 Å². The number of fused-ring (bicyclic) bond motifs is 1. The molecule has 0 bridgehead atoms. The number of nitrogens with zero attached hydrogens (tertiary/aromatic N) is 9. The minimum Gasteiger partial charge on any atom is -0.415 e. The van der Waals surface area contributed by atoms with Gasteiger partial charge in [-0.1, -0.05) is 67.6 Å². The summed E-state index contributed by atoms with van der Waals surface area (Å²) in [6.07, 6.45) is -3.87. The Balaban J connectivity index is 0.000000182. The molecule has 21 heteroatoms. The highest BCUT2D eigenvalue weighted by Gasteiger charge is 2.30. The van der Waals surface area contributed by atoms with Gasteiger partial charge in [-0.05, 0) is 96.6 Å². The summed E-state index contributed by atoms with van der Waals surface area (Å²) >= 11 is 0. The number of aromatic nitrogens is 4. The lowest BCUT2D eigenvalue weighted by Crippen LogP contribution is -2.52. The SMILES string of the molecule is CC1CCc2cc(N(Cc3ccc(-c4nnc(C(F)F)o4)cc3F)C(=O)N3CCS(=O)CC3)ccc21.CN1CCN(C(=O)N(Cc2ccc(-c3nnc(C(F)F)o3)cc2F)c2ccc(-c3ccccc3)cc2)CC1. The summed E-state index contributed by atoms with van der Waals surface area (Å²) in [6, 6.07) is 31.2. The predicted molar refractivity (Wildman–Crippen MR) is 266 cm³/mol. The molecule has 4 amide bonds. The first-order valence-corrected chi connectivity index (χ1v) is 25.4. The number of alkyl halides is 4. The van der Waals surface area contributed by atoms with Gasteiger partial charge in [0.1, 0.15) is 11.6 Å². The van der Waals surface area contributed by atoms with E-state index in [0.717, 1.165) is 49.2 Å². The molecule has 1 atom stereocenters. The fourth-order valence-corrected chi connectivity index (χ4v) is 10.0. The molecule has 3 aliphatic rings. The Morgan fingerprint density at radius 3 is 1.62 bits per heavy atom. The van der Waals surface area contributed by atoms with E-state index in [4.69, 9.17) is 8.83 Å². The monoisotopic (exact) mass is 1040 g/mol. The molecule has 2 fully saturated rings. The van der Waals surface area contributed by atoms with Crippen molar-refractivity contribution in [1.29, 1.82) is 0 Å². The van der Waals surface area contributed by atoms with Crippen molar-refractivity contribution < 1.29 is 49.0 Å². The molecule has 1 unspecified atom stereocenters. The highest BCUT2D eigenvalue weighted by Crippen LogP contribution is 2.36. The maximum atomic E-state index is 15.2. The van der Waals surface area contributed by atoms with Crippen LogP contribution in [0, 0.1) is 11.6 Å². The molecule has 7 aromatic rings. The van der Waals surface area contributed by atoms with Crippen LogP contribution in [0.2, 0.25) is 0 Å². The Morgan fingerprint density at radius 1 is 0.622 bits per heavy atom. The standard InChI is InChI=1S/C28H26F3N5O2.C25H25F3N4O3S/c1-34-13-15-35(16-14-34)28(37)36(23-11-9-20(10-12-23)19-5-3-2-4-6-19)18-22-8-7-21(17-24(22)29)26-32-33-27(38-26)25(30)31;1-15-2-3-16-12-19(6-7-20(15)16)32(25(33)31-8-10-36(34)11-9-31)14-18-5-4-17(13-21(18)26)23-29-30-24(35-23)22(27)28/h2-12,17,25H,13-16,18H2,1H3;4-7,12-13,15,22H,2-3,8-11,14H2,1H3. The number of carbonyl (C=O) groups excluding carboxylic acids is 2. The number of anilines is 2. The zero-order chi connectivity index (χ0) is 52.0. The summed E-state index contributed by atoms with van der Waals surface area (Å²) in [4.78, 5) is 35.9. The van der Waals surface area contributed by atoms with Crippen molar-refractivity contribution in [3.8, 4) is 34.0 Å². The first kappa shape index (κ1) is 51.5. The zero-order valence-electron chi connectivity index (χ0n) is 40.4. The van der Waals surface area contributed by atoms with Gasteiger partial charge < -0.3 is 23.5 Å². The van der Waals surface area contributed by atoms with E-state index in [1.54, 1.807) is 14.7 Å². The van der Waals surface area contributed by atoms with Gasteiger partial charge in [0.25, 0.3) is 11.8 Å². The van der Waals surface area contributed by atoms with Crippen LogP contribution in [-0.4, -0.2) is 109 Å². The third-order valence-electron chi connectivity index (χ3n) is 13.3. The van der Waals surface area contributed by atoms with Crippen LogP contribution in [0.15, 0.2) is 118 Å². The van der Waals surface area contributed by atoms with Gasteiger partial charge in [-0.2, -0.15) is 17.6 Å². The van der Waals surface area contributed by atoms with E-state index in [0.29, 0.717) is 55.0 Å². The van der Waals surface area contributed by atoms with Gasteiger partial charge in [-0.15, -0.1) is 20.4 Å². The molecular weight excluding hydrogens is 989 g/mol. The van der Waals surface area contributed by atoms with E-state index in [-0.39, 0.29) is 59.2 Å². The molecule has 2 aliphatic heterocycles. The second-order valence-electron chi connectivity index (χ2n) is 18.2. The Morgan fingerprint density at radius 2 is 1.11 bits per heavy atom. The Labute approximate surface area is 425 Å². The normalized spacial score (nSPS) is 16.1. The minimum absolute atomic E-state index is 0.0198. The van der Waals surface area contributed by atoms with Gasteiger partial charge in [-0.25, -0.2) is 18.4 Å². The summed E-state index contributed by atoms with van der Waals surface area (Å²) in [5.41, 5.74) is 6.64. The molecule has 0 N–H and O–H groups in total. The number of piperazine rings is 1. The van der Waals surface area contributed by atoms with Gasteiger partial charge >= 0.3 is 24.9 Å². The van der Waals surface area contributed by atoms with Crippen molar-refractivity contribution in [3.63, 3.8) is 0 Å². The van der Waals surface area contributed by atoms with Crippen molar-refractivity contribution >= 4 is 34.2 Å². The molecule has 4 heterocycles. The largest absolute Gasteiger partial charge is 0.415 e. The topological polar surface area (TPSA) is 145 Å². The van der Waals surface area contributed by atoms with E-state index in [1.807, 2.05) is 79.8 Å². The summed E-state index contributed by atoms with van der Waals surface area (Å²) in [6.45, 7) is 5.49. The van der Waals surface area contributed by atoms with Crippen molar-refractivity contribution in [2.24, 2.45) is 0 Å². The highest BCUT2D eigenvalue weighted by atomic mass is 32.2. The van der Waals surface area contributed by atoms with Crippen LogP contribution in [-0.2, 0) is 30.3 Å². The number of aryl methyl sites for hydroxylation is 1. The quantitative estimate of drug-likeness (QED) is 0.115. The fraction of sp³-hybridized carbons (Fsp3) is 0.321. The first-order chi connectivity index (χ1) is 35.7. The lowest BCUT2D eigenvalue weighted by Gasteiger charge is -2.36. The third kappa shape index (κ3) is 11.8. The van der Waals surface area contributed by atoms with Gasteiger partial charge in [0.15, 0.2) is 0 Å². The van der Waals surface area contributed by atoms with Crippen LogP contribution in [0.5, 0.6) is 0 Å². The lowest BCUT2D eigenvalue weighted by atomic mass is 10.0. The highest BCUT2D eigenvalue weighted by molar-refractivity contribution is 7.85. The van der Waals surface area contributed by atoms with Crippen LogP contribution in [0.4, 0.5) is 47.3 Å². The number of carbonyl (C=O) groups is 2. The van der Waals surface area contributed by atoms with Gasteiger partial charge in [0.05, 0.1) is 13.1 Å². The number of urea groups is 2. The summed E-state index contributed by atoms with van der Waals surface area (Å²) in [7, 11) is 1.06. The lowest BCUT2D eigenvalue weighted by molar-refractivity contribution is 0.115. The molecule has 0 spiro atoms. The number of hydrogen-bond donors (Lipinski definition) is 0. The second kappa shape index (κ2) is 22.8. The maximum absolute atomic E-state index is 15.2. The number of benzene rings is 5. The van der Waals surface area contributed by atoms with Crippen LogP contribution >= 0.6 is 0 Å². The van der Waals surface area contributed by atoms with Crippen molar-refractivity contribution in [1.82, 2.24) is 35.1 Å². The number of amides is 4. The smallest absolute Gasteiger partial charge is 0.324 e. The number of likely N-dealkylation sites (N-methyl/N-ethyl adjacent to an activating group) is 1. The van der Waals surface area contributed by atoms with Gasteiger partial charge in [-0.3, -0.25) is 14.0 Å². The molecule has 1 aliphatic carbocycles. The van der Waals surface area contributed by atoms with Gasteiger partial charge in [0.2, 0.25) is 11.8 Å². The summed E-state index contributed by atoms with van der Waals surface area (Å²) in [5.74, 6) is -2.04. The van der Waals surface area contributed by atoms with E-state index >= 15 is 8.78 Å². The molecule has 5 aromatic carbocycles. The zero-order valence-corrected chi connectivity index (χ0v) is 41.2. The predicted octanol–water partition coefficient (Wildman–Crippen LogP) is 10.9. The number of hydrogen-bond acceptors (Lipinski definition) is 10. The van der Waals surface area contributed by atoms with Crippen molar-refractivity contribution in [2.75, 3.05) is 67.6 Å². The maximum Gasteiger partial charge on any atom is 0.324 e. The van der Waals surface area contributed by atoms with E-state index < -0.39 is 47.1 Å². The summed E-state index contributed by atoms with van der Waals surface area (Å²) in [5, 5.41) is 13.7. The third-order valence-corrected chi connectivity index (χ3v) is 14.6. The van der Waals surface area contributed by atoms with Crippen LogP contribution < -0.4 is 9.80 Å². The molecule has 14 nitrogen and oxygen atoms in total. The van der Waals surface area contributed by atoms with Crippen LogP contribution in [0.25, 0.3) is 34.0 Å². The van der Waals surface area contributed by atoms with E-state index in [1.165, 1.54) is 40.3 Å². The first-order valence-electron chi connectivity index (χ1n) is 23.9. The summed E-state index contributed by atoms with van der Waals surface area (Å²) < 4.78 is 103. The van der Waals surface area contributed by atoms with Crippen LogP contribution in [0.3, 0.4) is 0 Å². The number of halogens is 6. The van der Waals surface area contributed by atoms with Crippen molar-refractivity contribution in [2.45, 2.75) is 51.6 Å². The molecule has 386 valence electrons. The Bertz CT molecular complexity index is 3110. The second-order valence-corrected chi connectivity index (χ2v) is 19.9. The van der Waals surface area contributed by atoms with Crippen LogP contribution in [0.1, 0.15) is 66.1 Å². The molecule has 2 saturated heterocycles.